The molecule has 0 aliphatic rings. The van der Waals surface area contributed by atoms with Gasteiger partial charge in [-0.05, 0) is 60.9 Å². The van der Waals surface area contributed by atoms with E-state index in [-0.39, 0.29) is 5.82 Å². The zero-order valence-corrected chi connectivity index (χ0v) is 11.5. The molecular formula is C17H15FN2. The van der Waals surface area contributed by atoms with E-state index >= 15 is 0 Å². The number of hydrogen-bond donors (Lipinski definition) is 0. The molecule has 0 atom stereocenters. The Morgan fingerprint density at radius 2 is 1.80 bits per heavy atom. The van der Waals surface area contributed by atoms with E-state index in [1.165, 1.54) is 6.07 Å². The first-order valence-corrected chi connectivity index (χ1v) is 6.52. The Hall–Kier alpha value is -2.42. The number of benzene rings is 2. The van der Waals surface area contributed by atoms with Gasteiger partial charge < -0.3 is 0 Å². The Morgan fingerprint density at radius 1 is 0.950 bits per heavy atom. The molecular weight excluding hydrogens is 251 g/mol. The van der Waals surface area contributed by atoms with E-state index in [9.17, 15) is 4.39 Å². The standard InChI is InChI=1S/C17H15FN2/c1-12-8-15(14-4-3-5-16(18)10-14)11-17(9-12)20-7-6-13(2)19-20/h3-11H,1-2H3. The normalized spacial score (nSPS) is 10.8. The van der Waals surface area contributed by atoms with Gasteiger partial charge in [-0.3, -0.25) is 0 Å². The lowest BCUT2D eigenvalue weighted by Crippen LogP contribution is -1.96. The SMILES string of the molecule is Cc1cc(-c2cccc(F)c2)cc(-n2ccc(C)n2)c1. The van der Waals surface area contributed by atoms with Gasteiger partial charge in [0.1, 0.15) is 5.82 Å². The van der Waals surface area contributed by atoms with Crippen LogP contribution in [0.5, 0.6) is 0 Å². The van der Waals surface area contributed by atoms with Crippen LogP contribution in [-0.2, 0) is 0 Å². The molecule has 0 saturated heterocycles. The Bertz CT molecular complexity index is 759. The smallest absolute Gasteiger partial charge is 0.123 e. The van der Waals surface area contributed by atoms with Gasteiger partial charge in [0, 0.05) is 6.20 Å². The van der Waals surface area contributed by atoms with Crippen LogP contribution in [0.4, 0.5) is 4.39 Å². The number of nitrogens with zero attached hydrogens (tertiary/aromatic N) is 2. The highest BCUT2D eigenvalue weighted by Gasteiger charge is 2.05. The average molecular weight is 266 g/mol. The number of aromatic nitrogens is 2. The molecule has 0 bridgehead atoms. The van der Waals surface area contributed by atoms with Gasteiger partial charge in [0.25, 0.3) is 0 Å². The summed E-state index contributed by atoms with van der Waals surface area (Å²) in [5, 5.41) is 4.42. The maximum atomic E-state index is 13.4. The van der Waals surface area contributed by atoms with Crippen molar-refractivity contribution in [3.8, 4) is 16.8 Å². The lowest BCUT2D eigenvalue weighted by Gasteiger charge is -2.08. The highest BCUT2D eigenvalue weighted by molar-refractivity contribution is 5.67. The summed E-state index contributed by atoms with van der Waals surface area (Å²) in [4.78, 5) is 0. The highest BCUT2D eigenvalue weighted by Crippen LogP contribution is 2.24. The molecule has 1 aromatic heterocycles. The third-order valence-electron chi connectivity index (χ3n) is 3.21. The van der Waals surface area contributed by atoms with Crippen molar-refractivity contribution in [3.63, 3.8) is 0 Å². The summed E-state index contributed by atoms with van der Waals surface area (Å²) in [6.45, 7) is 3.99. The van der Waals surface area contributed by atoms with E-state index in [0.717, 1.165) is 28.1 Å². The van der Waals surface area contributed by atoms with Crippen molar-refractivity contribution < 1.29 is 4.39 Å². The number of rotatable bonds is 2. The van der Waals surface area contributed by atoms with Crippen LogP contribution >= 0.6 is 0 Å². The number of hydrogen-bond acceptors (Lipinski definition) is 1. The van der Waals surface area contributed by atoms with Crippen molar-refractivity contribution in [2.75, 3.05) is 0 Å². The van der Waals surface area contributed by atoms with E-state index in [1.807, 2.05) is 42.9 Å². The molecule has 3 heteroatoms. The van der Waals surface area contributed by atoms with E-state index in [4.69, 9.17) is 0 Å². The molecule has 0 unspecified atom stereocenters. The first-order chi connectivity index (χ1) is 9.61. The zero-order valence-electron chi connectivity index (χ0n) is 11.5. The second kappa shape index (κ2) is 4.93. The molecule has 0 aliphatic carbocycles. The van der Waals surface area contributed by atoms with Crippen molar-refractivity contribution >= 4 is 0 Å². The minimum atomic E-state index is -0.222. The molecule has 2 aromatic carbocycles. The predicted octanol–water partition coefficient (Wildman–Crippen LogP) is 4.30. The molecule has 3 aromatic rings. The second-order valence-electron chi connectivity index (χ2n) is 4.97. The molecule has 2 nitrogen and oxygen atoms in total. The fourth-order valence-corrected chi connectivity index (χ4v) is 2.29. The Balaban J connectivity index is 2.11. The van der Waals surface area contributed by atoms with Gasteiger partial charge in [0.15, 0.2) is 0 Å². The monoisotopic (exact) mass is 266 g/mol. The summed E-state index contributed by atoms with van der Waals surface area (Å²) in [6.07, 6.45) is 1.93. The molecule has 0 amide bonds. The van der Waals surface area contributed by atoms with Crippen molar-refractivity contribution in [2.45, 2.75) is 13.8 Å². The first-order valence-electron chi connectivity index (χ1n) is 6.52. The molecule has 0 N–H and O–H groups in total. The van der Waals surface area contributed by atoms with Crippen LogP contribution < -0.4 is 0 Å². The molecule has 0 radical (unpaired) electrons. The zero-order chi connectivity index (χ0) is 14.1. The van der Waals surface area contributed by atoms with Gasteiger partial charge in [-0.2, -0.15) is 5.10 Å². The van der Waals surface area contributed by atoms with E-state index < -0.39 is 0 Å². The molecule has 0 spiro atoms. The first kappa shape index (κ1) is 12.6. The maximum Gasteiger partial charge on any atom is 0.123 e. The fraction of sp³-hybridized carbons (Fsp3) is 0.118. The van der Waals surface area contributed by atoms with Crippen LogP contribution in [0.15, 0.2) is 54.7 Å². The largest absolute Gasteiger partial charge is 0.241 e. The highest BCUT2D eigenvalue weighted by atomic mass is 19.1. The molecule has 1 heterocycles. The molecule has 0 fully saturated rings. The van der Waals surface area contributed by atoms with Gasteiger partial charge >= 0.3 is 0 Å². The molecule has 100 valence electrons. The Labute approximate surface area is 117 Å². The van der Waals surface area contributed by atoms with Crippen molar-refractivity contribution in [1.82, 2.24) is 9.78 Å². The van der Waals surface area contributed by atoms with Crippen LogP contribution in [0.3, 0.4) is 0 Å². The molecule has 0 aliphatic heterocycles. The molecule has 20 heavy (non-hydrogen) atoms. The van der Waals surface area contributed by atoms with Crippen LogP contribution in [0.25, 0.3) is 16.8 Å². The summed E-state index contributed by atoms with van der Waals surface area (Å²) >= 11 is 0. The number of halogens is 1. The Kier molecular flexibility index (Phi) is 3.11. The van der Waals surface area contributed by atoms with Gasteiger partial charge in [0.05, 0.1) is 11.4 Å². The third kappa shape index (κ3) is 2.48. The summed E-state index contributed by atoms with van der Waals surface area (Å²) in [6, 6.07) is 14.7. The van der Waals surface area contributed by atoms with Gasteiger partial charge in [-0.15, -0.1) is 0 Å². The summed E-state index contributed by atoms with van der Waals surface area (Å²) < 4.78 is 15.2. The van der Waals surface area contributed by atoms with Crippen molar-refractivity contribution in [2.24, 2.45) is 0 Å². The quantitative estimate of drug-likeness (QED) is 0.676. The predicted molar refractivity (Wildman–Crippen MR) is 78.4 cm³/mol. The fourth-order valence-electron chi connectivity index (χ4n) is 2.29. The van der Waals surface area contributed by atoms with E-state index in [2.05, 4.69) is 17.2 Å². The van der Waals surface area contributed by atoms with Crippen LogP contribution in [0.1, 0.15) is 11.3 Å². The minimum absolute atomic E-state index is 0.222. The average Bonchev–Trinajstić information content (AvgIpc) is 2.85. The van der Waals surface area contributed by atoms with Gasteiger partial charge in [-0.25, -0.2) is 9.07 Å². The summed E-state index contributed by atoms with van der Waals surface area (Å²) in [5.41, 5.74) is 4.94. The Morgan fingerprint density at radius 3 is 2.50 bits per heavy atom. The van der Waals surface area contributed by atoms with E-state index in [1.54, 1.807) is 12.1 Å². The summed E-state index contributed by atoms with van der Waals surface area (Å²) in [7, 11) is 0. The maximum absolute atomic E-state index is 13.4. The molecule has 3 rings (SSSR count). The lowest BCUT2D eigenvalue weighted by molar-refractivity contribution is 0.628. The van der Waals surface area contributed by atoms with Crippen LogP contribution in [0, 0.1) is 19.7 Å². The summed E-state index contributed by atoms with van der Waals surface area (Å²) in [5.74, 6) is -0.222. The number of aryl methyl sites for hydroxylation is 2. The second-order valence-corrected chi connectivity index (χ2v) is 4.97. The topological polar surface area (TPSA) is 17.8 Å². The lowest BCUT2D eigenvalue weighted by atomic mass is 10.0. The minimum Gasteiger partial charge on any atom is -0.241 e. The van der Waals surface area contributed by atoms with Gasteiger partial charge in [0.2, 0.25) is 0 Å². The van der Waals surface area contributed by atoms with Gasteiger partial charge in [-0.1, -0.05) is 18.2 Å². The van der Waals surface area contributed by atoms with Crippen LogP contribution in [-0.4, -0.2) is 9.78 Å². The van der Waals surface area contributed by atoms with E-state index in [0.29, 0.717) is 0 Å². The van der Waals surface area contributed by atoms with Crippen molar-refractivity contribution in [3.05, 3.63) is 71.8 Å². The molecule has 0 saturated carbocycles. The van der Waals surface area contributed by atoms with Crippen LogP contribution in [0.2, 0.25) is 0 Å². The van der Waals surface area contributed by atoms with Crippen molar-refractivity contribution in [1.29, 1.82) is 0 Å². The third-order valence-corrected chi connectivity index (χ3v) is 3.21.